The molecule has 0 bridgehead atoms. The molecule has 0 atom stereocenters. The van der Waals surface area contributed by atoms with E-state index in [0.29, 0.717) is 39.6 Å². The van der Waals surface area contributed by atoms with E-state index in [9.17, 15) is 0 Å². The average Bonchev–Trinajstić information content (AvgIpc) is 3.83. The summed E-state index contributed by atoms with van der Waals surface area (Å²) >= 11 is -0.932. The Balaban J connectivity index is 1.65. The third-order valence-corrected chi connectivity index (χ3v) is 18.2. The predicted octanol–water partition coefficient (Wildman–Crippen LogP) is 11.2. The molecule has 0 saturated heterocycles. The van der Waals surface area contributed by atoms with E-state index in [1.54, 1.807) is 0 Å². The number of ether oxygens (including phenoxy) is 6. The standard InChI is InChI=1S/C42H54O6Se2Te/c1-7-13-19-43-31-32(44-20-14-8-2)38-26-25-27-29-30-28(26)40(50-38)34(46-22-16-10-4)36(48-24-18-12-6)42(30)51-41(29)35(47-23-17-11-5)33(45-21-15-9-3)39(27)49-37(25)31/h7-24H2,1-6H3. The van der Waals surface area contributed by atoms with Gasteiger partial charge in [0.15, 0.2) is 0 Å². The zero-order chi connectivity index (χ0) is 35.5. The summed E-state index contributed by atoms with van der Waals surface area (Å²) in [7, 11) is 0. The van der Waals surface area contributed by atoms with Crippen molar-refractivity contribution < 1.29 is 28.4 Å². The molecule has 0 aliphatic rings. The summed E-state index contributed by atoms with van der Waals surface area (Å²) in [6, 6.07) is 0. The Morgan fingerprint density at radius 2 is 0.569 bits per heavy atom. The van der Waals surface area contributed by atoms with Crippen LogP contribution in [0.2, 0.25) is 0 Å². The van der Waals surface area contributed by atoms with Crippen LogP contribution in [0.5, 0.6) is 34.5 Å². The second kappa shape index (κ2) is 17.2. The SMILES string of the molecule is CCCCOc1c(OCCCC)c2[se]c3c(OCCCC)c(OCCCC)c4[te]c5c(OCCCC)c(OCCCC)c6[se]c1c1c2c3c4c5c61. The number of benzene rings is 4. The molecule has 4 aromatic carbocycles. The zero-order valence-corrected chi connectivity index (χ0v) is 37.2. The van der Waals surface area contributed by atoms with Crippen LogP contribution in [-0.4, -0.2) is 89.1 Å². The van der Waals surface area contributed by atoms with Crippen molar-refractivity contribution in [3.05, 3.63) is 0 Å². The van der Waals surface area contributed by atoms with Gasteiger partial charge in [-0.2, -0.15) is 0 Å². The van der Waals surface area contributed by atoms with Gasteiger partial charge in [-0.3, -0.25) is 0 Å². The molecular formula is C42H54O6Se2Te. The summed E-state index contributed by atoms with van der Waals surface area (Å²) in [5, 5.41) is 8.46. The topological polar surface area (TPSA) is 55.4 Å². The second-order valence-corrected chi connectivity index (χ2v) is 20.9. The van der Waals surface area contributed by atoms with Crippen LogP contribution < -0.4 is 28.4 Å². The molecule has 7 aromatic rings. The van der Waals surface area contributed by atoms with Gasteiger partial charge >= 0.3 is 327 Å². The van der Waals surface area contributed by atoms with Crippen molar-refractivity contribution in [2.45, 2.75) is 119 Å². The normalized spacial score (nSPS) is 12.4. The Hall–Kier alpha value is -1.71. The van der Waals surface area contributed by atoms with Gasteiger partial charge in [0.05, 0.1) is 0 Å². The van der Waals surface area contributed by atoms with Gasteiger partial charge in [-0.1, -0.05) is 0 Å². The third-order valence-electron chi connectivity index (χ3n) is 9.80. The monoisotopic (exact) mass is 944 g/mol. The molecule has 9 heteroatoms. The van der Waals surface area contributed by atoms with E-state index in [4.69, 9.17) is 28.4 Å². The number of rotatable bonds is 24. The minimum absolute atomic E-state index is 0.0222. The summed E-state index contributed by atoms with van der Waals surface area (Å²) in [5.41, 5.74) is 0. The van der Waals surface area contributed by atoms with Gasteiger partial charge < -0.3 is 0 Å². The van der Waals surface area contributed by atoms with Crippen molar-refractivity contribution in [1.82, 2.24) is 0 Å². The molecule has 51 heavy (non-hydrogen) atoms. The molecule has 7 rings (SSSR count). The van der Waals surface area contributed by atoms with Crippen molar-refractivity contribution in [3.8, 4) is 34.5 Å². The van der Waals surface area contributed by atoms with Gasteiger partial charge in [-0.15, -0.1) is 0 Å². The Bertz CT molecular complexity index is 1740. The molecular weight excluding hydrogens is 886 g/mol. The van der Waals surface area contributed by atoms with Gasteiger partial charge in [-0.05, 0) is 0 Å². The molecule has 6 nitrogen and oxygen atoms in total. The van der Waals surface area contributed by atoms with Crippen molar-refractivity contribution in [3.63, 3.8) is 0 Å². The molecule has 0 amide bonds. The summed E-state index contributed by atoms with van der Waals surface area (Å²) in [6.45, 7) is 17.6. The molecule has 0 aliphatic carbocycles. The van der Waals surface area contributed by atoms with E-state index in [0.717, 1.165) is 112 Å². The van der Waals surface area contributed by atoms with Crippen molar-refractivity contribution in [2.24, 2.45) is 0 Å². The molecule has 276 valence electrons. The predicted molar refractivity (Wildman–Crippen MR) is 218 cm³/mol. The van der Waals surface area contributed by atoms with E-state index < -0.39 is 20.4 Å². The first kappa shape index (κ1) is 37.6. The Labute approximate surface area is 324 Å². The first-order valence-electron chi connectivity index (χ1n) is 19.7. The van der Waals surface area contributed by atoms with Crippen molar-refractivity contribution in [2.75, 3.05) is 39.6 Å². The maximum absolute atomic E-state index is 6.91. The Morgan fingerprint density at radius 3 is 0.843 bits per heavy atom. The second-order valence-electron chi connectivity index (χ2n) is 13.7. The van der Waals surface area contributed by atoms with Crippen LogP contribution in [0.3, 0.4) is 0 Å². The molecule has 0 saturated carbocycles. The van der Waals surface area contributed by atoms with Gasteiger partial charge in [0.25, 0.3) is 0 Å². The fourth-order valence-corrected chi connectivity index (χ4v) is 16.2. The molecule has 0 N–H and O–H groups in total. The minimum atomic E-state index is -0.888. The van der Waals surface area contributed by atoms with Crippen LogP contribution in [0, 0.1) is 0 Å². The van der Waals surface area contributed by atoms with E-state index in [2.05, 4.69) is 41.5 Å². The first-order valence-corrected chi connectivity index (χ1v) is 25.4. The Kier molecular flexibility index (Phi) is 12.7. The van der Waals surface area contributed by atoms with E-state index in [1.165, 1.54) is 56.2 Å². The Morgan fingerprint density at radius 1 is 0.333 bits per heavy atom. The number of hydrogen-bond donors (Lipinski definition) is 0. The van der Waals surface area contributed by atoms with Crippen LogP contribution >= 0.6 is 0 Å². The van der Waals surface area contributed by atoms with E-state index in [1.807, 2.05) is 0 Å². The molecule has 0 radical (unpaired) electrons. The number of unbranched alkanes of at least 4 members (excludes halogenated alkanes) is 6. The van der Waals surface area contributed by atoms with Crippen LogP contribution in [-0.2, 0) is 0 Å². The molecule has 0 aliphatic heterocycles. The third kappa shape index (κ3) is 6.70. The summed E-state index contributed by atoms with van der Waals surface area (Å²) in [5.74, 6) is 6.03. The summed E-state index contributed by atoms with van der Waals surface area (Å²) in [4.78, 5) is 0. The van der Waals surface area contributed by atoms with Crippen molar-refractivity contribution >= 4 is 106 Å². The summed E-state index contributed by atoms with van der Waals surface area (Å²) in [6.07, 6.45) is 12.7. The van der Waals surface area contributed by atoms with Crippen LogP contribution in [0.4, 0.5) is 0 Å². The average molecular weight is 940 g/mol. The van der Waals surface area contributed by atoms with E-state index >= 15 is 0 Å². The van der Waals surface area contributed by atoms with Crippen LogP contribution in [0.25, 0.3) is 56.2 Å². The van der Waals surface area contributed by atoms with Crippen molar-refractivity contribution in [1.29, 1.82) is 0 Å². The van der Waals surface area contributed by atoms with Gasteiger partial charge in [0, 0.05) is 0 Å². The van der Waals surface area contributed by atoms with Gasteiger partial charge in [-0.25, -0.2) is 0 Å². The molecule has 0 fully saturated rings. The first-order chi connectivity index (χ1) is 25.1. The van der Waals surface area contributed by atoms with Crippen LogP contribution in [0.15, 0.2) is 0 Å². The molecule has 3 aromatic heterocycles. The number of hydrogen-bond acceptors (Lipinski definition) is 6. The molecule has 0 spiro atoms. The van der Waals surface area contributed by atoms with E-state index in [-0.39, 0.29) is 29.0 Å². The van der Waals surface area contributed by atoms with Gasteiger partial charge in [0.2, 0.25) is 0 Å². The quantitative estimate of drug-likeness (QED) is 0.0342. The fraction of sp³-hybridized carbons (Fsp3) is 0.571. The molecule has 0 unspecified atom stereocenters. The van der Waals surface area contributed by atoms with Gasteiger partial charge in [0.1, 0.15) is 0 Å². The molecule has 3 heterocycles. The maximum atomic E-state index is 6.91. The fourth-order valence-electron chi connectivity index (χ4n) is 7.00. The summed E-state index contributed by atoms with van der Waals surface area (Å²) < 4.78 is 49.6. The van der Waals surface area contributed by atoms with Crippen LogP contribution in [0.1, 0.15) is 119 Å². The zero-order valence-electron chi connectivity index (χ0n) is 31.4.